The normalized spacial score (nSPS) is 12.4. The maximum absolute atomic E-state index is 6.01. The quantitative estimate of drug-likeness (QED) is 0.545. The van der Waals surface area contributed by atoms with Gasteiger partial charge in [-0.25, -0.2) is 0 Å². The average Bonchev–Trinajstić information content (AvgIpc) is 3.03. The van der Waals surface area contributed by atoms with Crippen LogP contribution in [0.4, 0.5) is 0 Å². The third kappa shape index (κ3) is 3.87. The first-order valence-corrected chi connectivity index (χ1v) is 9.11. The van der Waals surface area contributed by atoms with E-state index >= 15 is 0 Å². The summed E-state index contributed by atoms with van der Waals surface area (Å²) >= 11 is 0. The molecule has 0 radical (unpaired) electrons. The second kappa shape index (κ2) is 6.39. The molecule has 1 aromatic heterocycles. The lowest BCUT2D eigenvalue weighted by molar-refractivity contribution is 0.564. The van der Waals surface area contributed by atoms with E-state index in [2.05, 4.69) is 89.0 Å². The van der Waals surface area contributed by atoms with Crippen molar-refractivity contribution in [1.29, 1.82) is 0 Å². The standard InChI is InChI=1S/C23H28N2O/c1-15-8-10-16(11-9-15)20-24-25-21(26-20)17-12-18(22(2,3)4)14-19(13-17)23(5,6)7/h8-14H,1-7H3. The molecule has 136 valence electrons. The van der Waals surface area contributed by atoms with E-state index < -0.39 is 0 Å². The SMILES string of the molecule is Cc1ccc(-c2nnc(-c3cc(C(C)(C)C)cc(C(C)(C)C)c3)o2)cc1. The van der Waals surface area contributed by atoms with Crippen LogP contribution >= 0.6 is 0 Å². The number of aryl methyl sites for hydroxylation is 1. The second-order valence-corrected chi connectivity index (χ2v) is 9.08. The molecular weight excluding hydrogens is 320 g/mol. The van der Waals surface area contributed by atoms with Gasteiger partial charge in [-0.05, 0) is 53.1 Å². The maximum Gasteiger partial charge on any atom is 0.248 e. The molecule has 26 heavy (non-hydrogen) atoms. The highest BCUT2D eigenvalue weighted by molar-refractivity contribution is 5.60. The Balaban J connectivity index is 2.07. The molecule has 0 aliphatic carbocycles. The highest BCUT2D eigenvalue weighted by Crippen LogP contribution is 2.34. The molecule has 0 unspecified atom stereocenters. The van der Waals surface area contributed by atoms with Crippen molar-refractivity contribution in [3.8, 4) is 22.9 Å². The minimum atomic E-state index is 0.0514. The first-order valence-electron chi connectivity index (χ1n) is 9.11. The Labute approximate surface area is 156 Å². The number of nitrogens with zero attached hydrogens (tertiary/aromatic N) is 2. The van der Waals surface area contributed by atoms with Gasteiger partial charge in [0.1, 0.15) is 0 Å². The summed E-state index contributed by atoms with van der Waals surface area (Å²) in [5.41, 5.74) is 5.78. The molecule has 0 saturated heterocycles. The van der Waals surface area contributed by atoms with Crippen LogP contribution in [0, 0.1) is 6.92 Å². The molecule has 0 aliphatic rings. The summed E-state index contributed by atoms with van der Waals surface area (Å²) in [4.78, 5) is 0. The summed E-state index contributed by atoms with van der Waals surface area (Å²) in [5.74, 6) is 1.12. The van der Waals surface area contributed by atoms with Gasteiger partial charge < -0.3 is 4.42 Å². The minimum absolute atomic E-state index is 0.0514. The topological polar surface area (TPSA) is 38.9 Å². The van der Waals surface area contributed by atoms with E-state index in [1.54, 1.807) is 0 Å². The number of hydrogen-bond donors (Lipinski definition) is 0. The van der Waals surface area contributed by atoms with Crippen LogP contribution < -0.4 is 0 Å². The van der Waals surface area contributed by atoms with Gasteiger partial charge in [-0.3, -0.25) is 0 Å². The number of aromatic nitrogens is 2. The first kappa shape index (κ1) is 18.4. The van der Waals surface area contributed by atoms with E-state index in [0.29, 0.717) is 11.8 Å². The lowest BCUT2D eigenvalue weighted by atomic mass is 9.79. The van der Waals surface area contributed by atoms with Gasteiger partial charge in [-0.2, -0.15) is 0 Å². The van der Waals surface area contributed by atoms with Crippen LogP contribution in [0.15, 0.2) is 46.9 Å². The zero-order valence-corrected chi connectivity index (χ0v) is 16.8. The van der Waals surface area contributed by atoms with Gasteiger partial charge in [0.15, 0.2) is 0 Å². The molecule has 0 fully saturated rings. The zero-order chi connectivity index (χ0) is 19.1. The molecule has 0 spiro atoms. The van der Waals surface area contributed by atoms with Gasteiger partial charge in [0.2, 0.25) is 11.8 Å². The summed E-state index contributed by atoms with van der Waals surface area (Å²) in [5, 5.41) is 8.57. The third-order valence-electron chi connectivity index (χ3n) is 4.64. The Morgan fingerprint density at radius 3 is 1.58 bits per heavy atom. The van der Waals surface area contributed by atoms with Crippen LogP contribution in [-0.2, 0) is 10.8 Å². The van der Waals surface area contributed by atoms with Gasteiger partial charge in [-0.1, -0.05) is 65.3 Å². The third-order valence-corrected chi connectivity index (χ3v) is 4.64. The predicted molar refractivity (Wildman–Crippen MR) is 107 cm³/mol. The van der Waals surface area contributed by atoms with Crippen molar-refractivity contribution in [2.24, 2.45) is 0 Å². The molecule has 2 aromatic carbocycles. The average molecular weight is 348 g/mol. The first-order chi connectivity index (χ1) is 12.0. The Kier molecular flexibility index (Phi) is 4.51. The highest BCUT2D eigenvalue weighted by atomic mass is 16.4. The van der Waals surface area contributed by atoms with Crippen molar-refractivity contribution in [1.82, 2.24) is 10.2 Å². The zero-order valence-electron chi connectivity index (χ0n) is 16.8. The van der Waals surface area contributed by atoms with Crippen LogP contribution in [0.25, 0.3) is 22.9 Å². The summed E-state index contributed by atoms with van der Waals surface area (Å²) in [6.07, 6.45) is 0. The Bertz CT molecular complexity index is 874. The molecule has 3 aromatic rings. The highest BCUT2D eigenvalue weighted by Gasteiger charge is 2.22. The molecular formula is C23H28N2O. The Morgan fingerprint density at radius 2 is 1.12 bits per heavy atom. The van der Waals surface area contributed by atoms with Crippen molar-refractivity contribution in [2.45, 2.75) is 59.3 Å². The van der Waals surface area contributed by atoms with Gasteiger partial charge in [0.05, 0.1) is 0 Å². The lowest BCUT2D eigenvalue weighted by Gasteiger charge is -2.25. The van der Waals surface area contributed by atoms with Gasteiger partial charge >= 0.3 is 0 Å². The molecule has 3 rings (SSSR count). The Hall–Kier alpha value is -2.42. The number of rotatable bonds is 2. The number of hydrogen-bond acceptors (Lipinski definition) is 3. The predicted octanol–water partition coefficient (Wildman–Crippen LogP) is 6.31. The molecule has 0 saturated carbocycles. The van der Waals surface area contributed by atoms with Gasteiger partial charge in [0, 0.05) is 11.1 Å². The van der Waals surface area contributed by atoms with E-state index in [4.69, 9.17) is 4.42 Å². The molecule has 0 atom stereocenters. The van der Waals surface area contributed by atoms with Crippen LogP contribution in [0.2, 0.25) is 0 Å². The monoisotopic (exact) mass is 348 g/mol. The van der Waals surface area contributed by atoms with E-state index in [-0.39, 0.29) is 10.8 Å². The van der Waals surface area contributed by atoms with Gasteiger partial charge in [-0.15, -0.1) is 10.2 Å². The van der Waals surface area contributed by atoms with Crippen LogP contribution in [0.3, 0.4) is 0 Å². The largest absolute Gasteiger partial charge is 0.416 e. The van der Waals surface area contributed by atoms with Crippen molar-refractivity contribution in [3.63, 3.8) is 0 Å². The lowest BCUT2D eigenvalue weighted by Crippen LogP contribution is -2.16. The molecule has 0 amide bonds. The fourth-order valence-corrected chi connectivity index (χ4v) is 2.77. The summed E-state index contributed by atoms with van der Waals surface area (Å²) in [7, 11) is 0. The fourth-order valence-electron chi connectivity index (χ4n) is 2.77. The molecule has 3 nitrogen and oxygen atoms in total. The van der Waals surface area contributed by atoms with Crippen LogP contribution in [0.5, 0.6) is 0 Å². The molecule has 1 heterocycles. The molecule has 0 aliphatic heterocycles. The summed E-state index contributed by atoms with van der Waals surface area (Å²) in [6.45, 7) is 15.4. The van der Waals surface area contributed by atoms with Crippen molar-refractivity contribution < 1.29 is 4.42 Å². The molecule has 0 bridgehead atoms. The Morgan fingerprint density at radius 1 is 0.654 bits per heavy atom. The van der Waals surface area contributed by atoms with E-state index in [1.165, 1.54) is 16.7 Å². The summed E-state index contributed by atoms with van der Waals surface area (Å²) in [6, 6.07) is 14.8. The minimum Gasteiger partial charge on any atom is -0.416 e. The van der Waals surface area contributed by atoms with E-state index in [9.17, 15) is 0 Å². The van der Waals surface area contributed by atoms with Crippen molar-refractivity contribution >= 4 is 0 Å². The van der Waals surface area contributed by atoms with Crippen molar-refractivity contribution in [3.05, 3.63) is 59.2 Å². The molecule has 3 heteroatoms. The maximum atomic E-state index is 6.01. The fraction of sp³-hybridized carbons (Fsp3) is 0.391. The summed E-state index contributed by atoms with van der Waals surface area (Å²) < 4.78 is 6.01. The smallest absolute Gasteiger partial charge is 0.248 e. The van der Waals surface area contributed by atoms with Crippen LogP contribution in [0.1, 0.15) is 58.2 Å². The van der Waals surface area contributed by atoms with E-state index in [0.717, 1.165) is 11.1 Å². The van der Waals surface area contributed by atoms with Gasteiger partial charge in [0.25, 0.3) is 0 Å². The second-order valence-electron chi connectivity index (χ2n) is 9.08. The number of benzene rings is 2. The van der Waals surface area contributed by atoms with E-state index in [1.807, 2.05) is 12.1 Å². The van der Waals surface area contributed by atoms with Crippen molar-refractivity contribution in [2.75, 3.05) is 0 Å². The molecule has 0 N–H and O–H groups in total. The van der Waals surface area contributed by atoms with Crippen LogP contribution in [-0.4, -0.2) is 10.2 Å².